The number of rotatable bonds is 4. The zero-order valence-corrected chi connectivity index (χ0v) is 14.8. The first-order chi connectivity index (χ1) is 11.5. The third-order valence-electron chi connectivity index (χ3n) is 3.46. The van der Waals surface area contributed by atoms with Gasteiger partial charge in [0.1, 0.15) is 5.75 Å². The Hall–Kier alpha value is -2.01. The predicted octanol–water partition coefficient (Wildman–Crippen LogP) is 5.60. The van der Waals surface area contributed by atoms with E-state index >= 15 is 0 Å². The minimum Gasteiger partial charge on any atom is -0.506 e. The van der Waals surface area contributed by atoms with E-state index in [0.29, 0.717) is 22.2 Å². The van der Waals surface area contributed by atoms with Gasteiger partial charge in [-0.1, -0.05) is 35.3 Å². The van der Waals surface area contributed by atoms with Crippen LogP contribution in [0.5, 0.6) is 5.75 Å². The van der Waals surface area contributed by atoms with Crippen LogP contribution in [0.1, 0.15) is 20.8 Å². The molecule has 0 fully saturated rings. The fourth-order valence-electron chi connectivity index (χ4n) is 2.20. The van der Waals surface area contributed by atoms with Gasteiger partial charge in [0.15, 0.2) is 0 Å². The Balaban J connectivity index is 1.75. The molecule has 0 aliphatic rings. The van der Waals surface area contributed by atoms with Gasteiger partial charge in [-0.15, -0.1) is 11.3 Å². The maximum absolute atomic E-state index is 12.3. The Morgan fingerprint density at radius 3 is 2.21 bits per heavy atom. The van der Waals surface area contributed by atoms with E-state index in [2.05, 4.69) is 5.32 Å². The van der Waals surface area contributed by atoms with E-state index in [1.54, 1.807) is 41.8 Å². The minimum absolute atomic E-state index is 0.0152. The first-order valence-corrected chi connectivity index (χ1v) is 8.77. The van der Waals surface area contributed by atoms with Gasteiger partial charge >= 0.3 is 0 Å². The molecule has 0 unspecified atom stereocenters. The lowest BCUT2D eigenvalue weighted by Crippen LogP contribution is -2.11. The summed E-state index contributed by atoms with van der Waals surface area (Å²) in [7, 11) is 0. The van der Waals surface area contributed by atoms with Gasteiger partial charge in [-0.25, -0.2) is 0 Å². The molecule has 0 bridgehead atoms. The summed E-state index contributed by atoms with van der Waals surface area (Å²) >= 11 is 13.0. The summed E-state index contributed by atoms with van der Waals surface area (Å²) in [5.74, 6) is -0.338. The molecule has 122 valence electrons. The van der Waals surface area contributed by atoms with E-state index in [-0.39, 0.29) is 17.2 Å². The number of hydrogen-bond donors (Lipinski definition) is 2. The molecule has 24 heavy (non-hydrogen) atoms. The lowest BCUT2D eigenvalue weighted by molar-refractivity contribution is 0.102. The van der Waals surface area contributed by atoms with Crippen LogP contribution in [0.4, 0.5) is 5.69 Å². The fraction of sp³-hybridized carbons (Fsp3) is 0.0556. The van der Waals surface area contributed by atoms with Crippen LogP contribution in [-0.4, -0.2) is 11.0 Å². The second kappa shape index (κ2) is 7.26. The van der Waals surface area contributed by atoms with Gasteiger partial charge in [-0.05, 0) is 42.0 Å². The van der Waals surface area contributed by atoms with Crippen molar-refractivity contribution in [2.45, 2.75) is 6.42 Å². The van der Waals surface area contributed by atoms with Crippen molar-refractivity contribution in [3.8, 4) is 5.75 Å². The number of halogens is 2. The first kappa shape index (κ1) is 16.8. The van der Waals surface area contributed by atoms with Crippen molar-refractivity contribution in [2.75, 3.05) is 5.32 Å². The monoisotopic (exact) mass is 377 g/mol. The zero-order valence-electron chi connectivity index (χ0n) is 12.4. The molecule has 0 spiro atoms. The van der Waals surface area contributed by atoms with Crippen molar-refractivity contribution in [3.05, 3.63) is 80.0 Å². The highest BCUT2D eigenvalue weighted by atomic mass is 35.5. The Labute approximate surface area is 153 Å². The van der Waals surface area contributed by atoms with Gasteiger partial charge in [0, 0.05) is 27.5 Å². The summed E-state index contributed by atoms with van der Waals surface area (Å²) in [6.45, 7) is 0. The predicted molar refractivity (Wildman–Crippen MR) is 99.6 cm³/mol. The van der Waals surface area contributed by atoms with Crippen LogP contribution in [0.2, 0.25) is 10.0 Å². The zero-order chi connectivity index (χ0) is 17.1. The van der Waals surface area contributed by atoms with E-state index in [4.69, 9.17) is 23.2 Å². The smallest absolute Gasteiger partial charge is 0.260 e. The van der Waals surface area contributed by atoms with Crippen molar-refractivity contribution in [2.24, 2.45) is 0 Å². The largest absolute Gasteiger partial charge is 0.506 e. The minimum atomic E-state index is -0.353. The molecule has 2 aromatic carbocycles. The topological polar surface area (TPSA) is 49.3 Å². The highest BCUT2D eigenvalue weighted by molar-refractivity contribution is 7.10. The molecule has 3 rings (SSSR count). The third kappa shape index (κ3) is 3.90. The SMILES string of the molecule is O=C(Nc1ccc(Cl)cc1)c1csc(Cc2ccc(Cl)cc2)c1O. The molecular weight excluding hydrogens is 365 g/mol. The van der Waals surface area contributed by atoms with E-state index in [1.165, 1.54) is 11.3 Å². The molecular formula is C18H13Cl2NO2S. The Morgan fingerprint density at radius 1 is 1.00 bits per heavy atom. The standard InChI is InChI=1S/C18H13Cl2NO2S/c19-12-3-1-11(2-4-12)9-16-17(22)15(10-24-16)18(23)21-14-7-5-13(20)6-8-14/h1-8,10,22H,9H2,(H,21,23). The molecule has 3 aromatic rings. The van der Waals surface area contributed by atoms with E-state index in [1.807, 2.05) is 12.1 Å². The molecule has 6 heteroatoms. The summed E-state index contributed by atoms with van der Waals surface area (Å²) in [5.41, 5.74) is 1.90. The van der Waals surface area contributed by atoms with Crippen LogP contribution in [0, 0.1) is 0 Å². The average molecular weight is 378 g/mol. The quantitative estimate of drug-likeness (QED) is 0.621. The van der Waals surface area contributed by atoms with E-state index in [9.17, 15) is 9.90 Å². The van der Waals surface area contributed by atoms with Crippen LogP contribution < -0.4 is 5.32 Å². The first-order valence-electron chi connectivity index (χ1n) is 7.13. The summed E-state index contributed by atoms with van der Waals surface area (Å²) in [6.07, 6.45) is 0.544. The average Bonchev–Trinajstić information content (AvgIpc) is 2.93. The lowest BCUT2D eigenvalue weighted by atomic mass is 10.1. The number of benzene rings is 2. The second-order valence-corrected chi connectivity index (χ2v) is 7.02. The summed E-state index contributed by atoms with van der Waals surface area (Å²) < 4.78 is 0. The second-order valence-electron chi connectivity index (χ2n) is 5.19. The molecule has 0 saturated carbocycles. The van der Waals surface area contributed by atoms with Gasteiger partial charge < -0.3 is 10.4 Å². The van der Waals surface area contributed by atoms with Crippen LogP contribution in [0.15, 0.2) is 53.9 Å². The van der Waals surface area contributed by atoms with Gasteiger partial charge in [-0.2, -0.15) is 0 Å². The lowest BCUT2D eigenvalue weighted by Gasteiger charge is -2.05. The van der Waals surface area contributed by atoms with E-state index < -0.39 is 0 Å². The number of amides is 1. The Morgan fingerprint density at radius 2 is 1.58 bits per heavy atom. The van der Waals surface area contributed by atoms with Crippen molar-refractivity contribution in [1.29, 1.82) is 0 Å². The molecule has 1 aromatic heterocycles. The van der Waals surface area contributed by atoms with Crippen LogP contribution in [0.3, 0.4) is 0 Å². The molecule has 3 nitrogen and oxygen atoms in total. The summed E-state index contributed by atoms with van der Waals surface area (Å²) in [6, 6.07) is 14.2. The molecule has 0 saturated heterocycles. The van der Waals surface area contributed by atoms with Crippen LogP contribution in [-0.2, 0) is 6.42 Å². The number of carbonyl (C=O) groups is 1. The Kier molecular flexibility index (Phi) is 5.09. The van der Waals surface area contributed by atoms with Crippen molar-refractivity contribution >= 4 is 46.1 Å². The molecule has 1 amide bonds. The normalized spacial score (nSPS) is 10.6. The number of anilines is 1. The highest BCUT2D eigenvalue weighted by Crippen LogP contribution is 2.32. The number of hydrogen-bond acceptors (Lipinski definition) is 3. The maximum Gasteiger partial charge on any atom is 0.260 e. The third-order valence-corrected chi connectivity index (χ3v) is 4.94. The molecule has 0 atom stereocenters. The van der Waals surface area contributed by atoms with Crippen molar-refractivity contribution < 1.29 is 9.90 Å². The van der Waals surface area contributed by atoms with Gasteiger partial charge in [0.25, 0.3) is 5.91 Å². The molecule has 0 aliphatic heterocycles. The van der Waals surface area contributed by atoms with Gasteiger partial charge in [0.2, 0.25) is 0 Å². The number of nitrogens with one attached hydrogen (secondary N) is 1. The maximum atomic E-state index is 12.3. The van der Waals surface area contributed by atoms with Crippen molar-refractivity contribution in [3.63, 3.8) is 0 Å². The van der Waals surface area contributed by atoms with Crippen LogP contribution in [0.25, 0.3) is 0 Å². The molecule has 0 aliphatic carbocycles. The fourth-order valence-corrected chi connectivity index (χ4v) is 3.40. The number of aromatic hydroxyl groups is 1. The molecule has 2 N–H and O–H groups in total. The van der Waals surface area contributed by atoms with Crippen molar-refractivity contribution in [1.82, 2.24) is 0 Å². The number of thiophene rings is 1. The van der Waals surface area contributed by atoms with Crippen LogP contribution >= 0.6 is 34.5 Å². The number of carbonyl (C=O) groups excluding carboxylic acids is 1. The van der Waals surface area contributed by atoms with E-state index in [0.717, 1.165) is 10.4 Å². The van der Waals surface area contributed by atoms with Gasteiger partial charge in [0.05, 0.1) is 10.4 Å². The Bertz CT molecular complexity index is 858. The summed E-state index contributed by atoms with van der Waals surface area (Å²) in [4.78, 5) is 13.1. The summed E-state index contributed by atoms with van der Waals surface area (Å²) in [5, 5.41) is 16.0. The molecule has 1 heterocycles. The van der Waals surface area contributed by atoms with Gasteiger partial charge in [-0.3, -0.25) is 4.79 Å². The molecule has 0 radical (unpaired) electrons. The highest BCUT2D eigenvalue weighted by Gasteiger charge is 2.17.